The number of aromatic nitrogens is 3. The molecule has 0 aliphatic carbocycles. The van der Waals surface area contributed by atoms with Gasteiger partial charge in [0.2, 0.25) is 5.91 Å². The molecule has 1 aromatic carbocycles. The second-order valence-corrected chi connectivity index (χ2v) is 5.79. The molecule has 0 saturated carbocycles. The standard InChI is InChI=1S/C15H15F3N4O2/c16-15(17,18)10-4-3-7-21(8-10)13(23)9-22-14(24)11-5-1-2-6-12(11)19-20-22/h1-2,5-6,10H,3-4,7-9H2/t10-/m1/s1. The van der Waals surface area contributed by atoms with Crippen molar-refractivity contribution >= 4 is 16.8 Å². The summed E-state index contributed by atoms with van der Waals surface area (Å²) in [6.07, 6.45) is -4.02. The van der Waals surface area contributed by atoms with Crippen molar-refractivity contribution in [1.82, 2.24) is 19.9 Å². The molecule has 6 nitrogen and oxygen atoms in total. The monoisotopic (exact) mass is 340 g/mol. The van der Waals surface area contributed by atoms with E-state index in [1.807, 2.05) is 0 Å². The molecule has 0 unspecified atom stereocenters. The first kappa shape index (κ1) is 16.4. The van der Waals surface area contributed by atoms with Gasteiger partial charge in [0, 0.05) is 13.1 Å². The third kappa shape index (κ3) is 3.24. The van der Waals surface area contributed by atoms with Crippen LogP contribution in [-0.4, -0.2) is 45.1 Å². The Morgan fingerprint density at radius 3 is 2.79 bits per heavy atom. The molecule has 9 heteroatoms. The average molecular weight is 340 g/mol. The van der Waals surface area contributed by atoms with Gasteiger partial charge in [0.25, 0.3) is 5.56 Å². The van der Waals surface area contributed by atoms with Gasteiger partial charge in [-0.15, -0.1) is 5.10 Å². The maximum absolute atomic E-state index is 12.8. The first-order chi connectivity index (χ1) is 11.4. The summed E-state index contributed by atoms with van der Waals surface area (Å²) in [5.74, 6) is -2.08. The van der Waals surface area contributed by atoms with Crippen LogP contribution in [-0.2, 0) is 11.3 Å². The van der Waals surface area contributed by atoms with Crippen LogP contribution >= 0.6 is 0 Å². The first-order valence-corrected chi connectivity index (χ1v) is 7.53. The highest BCUT2D eigenvalue weighted by atomic mass is 19.4. The highest BCUT2D eigenvalue weighted by molar-refractivity contribution is 5.78. The summed E-state index contributed by atoms with van der Waals surface area (Å²) >= 11 is 0. The number of amides is 1. The van der Waals surface area contributed by atoms with Crippen molar-refractivity contribution in [3.05, 3.63) is 34.6 Å². The van der Waals surface area contributed by atoms with Gasteiger partial charge in [-0.1, -0.05) is 17.3 Å². The van der Waals surface area contributed by atoms with Gasteiger partial charge in [-0.05, 0) is 25.0 Å². The lowest BCUT2D eigenvalue weighted by Crippen LogP contribution is -2.46. The summed E-state index contributed by atoms with van der Waals surface area (Å²) in [4.78, 5) is 25.7. The van der Waals surface area contributed by atoms with E-state index in [0.29, 0.717) is 10.9 Å². The lowest BCUT2D eigenvalue weighted by atomic mass is 9.97. The van der Waals surface area contributed by atoms with E-state index in [2.05, 4.69) is 10.3 Å². The highest BCUT2D eigenvalue weighted by Gasteiger charge is 2.42. The topological polar surface area (TPSA) is 68.1 Å². The summed E-state index contributed by atoms with van der Waals surface area (Å²) in [6.45, 7) is -0.541. The van der Waals surface area contributed by atoms with Gasteiger partial charge in [-0.2, -0.15) is 13.2 Å². The summed E-state index contributed by atoms with van der Waals surface area (Å²) in [5, 5.41) is 7.86. The maximum Gasteiger partial charge on any atom is 0.393 e. The van der Waals surface area contributed by atoms with Crippen LogP contribution in [0.15, 0.2) is 29.1 Å². The van der Waals surface area contributed by atoms with Crippen molar-refractivity contribution in [2.45, 2.75) is 25.6 Å². The molecule has 1 aliphatic rings. The average Bonchev–Trinajstić information content (AvgIpc) is 2.57. The van der Waals surface area contributed by atoms with E-state index in [-0.39, 0.29) is 25.9 Å². The second-order valence-electron chi connectivity index (χ2n) is 5.79. The smallest absolute Gasteiger partial charge is 0.340 e. The SMILES string of the molecule is O=C(Cn1nnc2ccccc2c1=O)N1CCC[C@@H](C(F)(F)F)C1. The fourth-order valence-electron chi connectivity index (χ4n) is 2.83. The van der Waals surface area contributed by atoms with Gasteiger partial charge in [0.15, 0.2) is 0 Å². The van der Waals surface area contributed by atoms with E-state index in [9.17, 15) is 22.8 Å². The number of alkyl halides is 3. The molecule has 2 heterocycles. The van der Waals surface area contributed by atoms with Crippen LogP contribution in [0.4, 0.5) is 13.2 Å². The van der Waals surface area contributed by atoms with Crippen LogP contribution in [0.1, 0.15) is 12.8 Å². The molecule has 1 aromatic heterocycles. The van der Waals surface area contributed by atoms with Gasteiger partial charge in [-0.3, -0.25) is 9.59 Å². The molecule has 128 valence electrons. The minimum absolute atomic E-state index is 0.0169. The van der Waals surface area contributed by atoms with E-state index in [4.69, 9.17) is 0 Å². The van der Waals surface area contributed by atoms with Crippen LogP contribution in [0.5, 0.6) is 0 Å². The Kier molecular flexibility index (Phi) is 4.25. The molecule has 0 radical (unpaired) electrons. The first-order valence-electron chi connectivity index (χ1n) is 7.53. The summed E-state index contributed by atoms with van der Waals surface area (Å²) in [5.41, 5.74) is -0.0837. The molecular formula is C15H15F3N4O2. The number of carbonyl (C=O) groups is 1. The molecule has 0 spiro atoms. The van der Waals surface area contributed by atoms with Crippen LogP contribution in [0.2, 0.25) is 0 Å². The predicted molar refractivity (Wildman–Crippen MR) is 79.2 cm³/mol. The molecule has 1 saturated heterocycles. The molecule has 2 aromatic rings. The number of halogens is 3. The largest absolute Gasteiger partial charge is 0.393 e. The fraction of sp³-hybridized carbons (Fsp3) is 0.467. The molecule has 1 amide bonds. The van der Waals surface area contributed by atoms with Crippen molar-refractivity contribution < 1.29 is 18.0 Å². The minimum Gasteiger partial charge on any atom is -0.340 e. The number of benzene rings is 1. The zero-order valence-corrected chi connectivity index (χ0v) is 12.7. The molecule has 1 fully saturated rings. The molecular weight excluding hydrogens is 325 g/mol. The lowest BCUT2D eigenvalue weighted by molar-refractivity contribution is -0.188. The fourth-order valence-corrected chi connectivity index (χ4v) is 2.83. The van der Waals surface area contributed by atoms with E-state index < -0.39 is 30.1 Å². The normalized spacial score (nSPS) is 18.8. The van der Waals surface area contributed by atoms with E-state index >= 15 is 0 Å². The summed E-state index contributed by atoms with van der Waals surface area (Å²) in [7, 11) is 0. The van der Waals surface area contributed by atoms with Crippen molar-refractivity contribution in [2.24, 2.45) is 5.92 Å². The van der Waals surface area contributed by atoms with Gasteiger partial charge < -0.3 is 4.90 Å². The zero-order valence-electron chi connectivity index (χ0n) is 12.7. The Hall–Kier alpha value is -2.45. The Balaban J connectivity index is 1.78. The second kappa shape index (κ2) is 6.21. The molecule has 1 aliphatic heterocycles. The van der Waals surface area contributed by atoms with Crippen LogP contribution in [0.3, 0.4) is 0 Å². The van der Waals surface area contributed by atoms with Crippen molar-refractivity contribution in [3.63, 3.8) is 0 Å². The molecule has 0 bridgehead atoms. The molecule has 24 heavy (non-hydrogen) atoms. The Bertz CT molecular complexity index is 818. The van der Waals surface area contributed by atoms with Crippen molar-refractivity contribution in [2.75, 3.05) is 13.1 Å². The van der Waals surface area contributed by atoms with Gasteiger partial charge in [0.1, 0.15) is 12.1 Å². The van der Waals surface area contributed by atoms with Crippen LogP contribution < -0.4 is 5.56 Å². The summed E-state index contributed by atoms with van der Waals surface area (Å²) in [6, 6.07) is 6.55. The number of nitrogens with zero attached hydrogens (tertiary/aromatic N) is 4. The third-order valence-electron chi connectivity index (χ3n) is 4.15. The van der Waals surface area contributed by atoms with Crippen molar-refractivity contribution in [1.29, 1.82) is 0 Å². The zero-order chi connectivity index (χ0) is 17.3. The van der Waals surface area contributed by atoms with E-state index in [1.165, 1.54) is 0 Å². The lowest BCUT2D eigenvalue weighted by Gasteiger charge is -2.33. The molecule has 3 rings (SSSR count). The van der Waals surface area contributed by atoms with E-state index in [0.717, 1.165) is 9.58 Å². The number of piperidine rings is 1. The highest BCUT2D eigenvalue weighted by Crippen LogP contribution is 2.33. The Labute approximate surface area is 134 Å². The Morgan fingerprint density at radius 1 is 1.29 bits per heavy atom. The van der Waals surface area contributed by atoms with Gasteiger partial charge in [0.05, 0.1) is 11.3 Å². The predicted octanol–water partition coefficient (Wildman–Crippen LogP) is 1.59. The number of likely N-dealkylation sites (tertiary alicyclic amines) is 1. The number of hydrogen-bond acceptors (Lipinski definition) is 4. The van der Waals surface area contributed by atoms with Crippen molar-refractivity contribution in [3.8, 4) is 0 Å². The maximum atomic E-state index is 12.8. The number of fused-ring (bicyclic) bond motifs is 1. The number of hydrogen-bond donors (Lipinski definition) is 0. The molecule has 1 atom stereocenters. The number of rotatable bonds is 2. The van der Waals surface area contributed by atoms with Crippen LogP contribution in [0, 0.1) is 5.92 Å². The number of carbonyl (C=O) groups excluding carboxylic acids is 1. The van der Waals surface area contributed by atoms with E-state index in [1.54, 1.807) is 24.3 Å². The molecule has 0 N–H and O–H groups in total. The minimum atomic E-state index is -4.32. The summed E-state index contributed by atoms with van der Waals surface area (Å²) < 4.78 is 39.4. The van der Waals surface area contributed by atoms with Gasteiger partial charge in [-0.25, -0.2) is 4.68 Å². The van der Waals surface area contributed by atoms with Gasteiger partial charge >= 0.3 is 6.18 Å². The Morgan fingerprint density at radius 2 is 2.04 bits per heavy atom. The third-order valence-corrected chi connectivity index (χ3v) is 4.15. The quantitative estimate of drug-likeness (QED) is 0.833. The van der Waals surface area contributed by atoms with Crippen LogP contribution in [0.25, 0.3) is 10.9 Å².